The zero-order valence-electron chi connectivity index (χ0n) is 19.4. The van der Waals surface area contributed by atoms with E-state index in [0.29, 0.717) is 34.8 Å². The van der Waals surface area contributed by atoms with Crippen LogP contribution in [0.3, 0.4) is 0 Å². The maximum absolute atomic E-state index is 13.6. The van der Waals surface area contributed by atoms with Gasteiger partial charge in [-0.3, -0.25) is 9.58 Å². The minimum absolute atomic E-state index is 0.0298. The van der Waals surface area contributed by atoms with Gasteiger partial charge in [0, 0.05) is 17.0 Å². The van der Waals surface area contributed by atoms with Gasteiger partial charge in [-0.15, -0.1) is 0 Å². The zero-order chi connectivity index (χ0) is 24.3. The molecule has 0 amide bonds. The number of aromatic nitrogens is 2. The monoisotopic (exact) mass is 509 g/mol. The molecule has 35 heavy (non-hydrogen) atoms. The van der Waals surface area contributed by atoms with E-state index in [0.717, 1.165) is 25.2 Å². The molecule has 0 spiro atoms. The molecule has 1 aliphatic heterocycles. The molecule has 0 aliphatic carbocycles. The van der Waals surface area contributed by atoms with Crippen molar-refractivity contribution in [1.29, 1.82) is 0 Å². The van der Waals surface area contributed by atoms with Crippen molar-refractivity contribution in [3.05, 3.63) is 83.4 Å². The second-order valence-corrected chi connectivity index (χ2v) is 11.1. The van der Waals surface area contributed by atoms with Gasteiger partial charge in [-0.2, -0.15) is 5.10 Å². The number of likely N-dealkylation sites (tertiary alicyclic amines) is 1. The van der Waals surface area contributed by atoms with Gasteiger partial charge < -0.3 is 4.74 Å². The van der Waals surface area contributed by atoms with Gasteiger partial charge in [0.25, 0.3) is 0 Å². The van der Waals surface area contributed by atoms with Gasteiger partial charge in [-0.1, -0.05) is 54.4 Å². The fraction of sp³-hybridized carbons (Fsp3) is 0.296. The van der Waals surface area contributed by atoms with E-state index in [9.17, 15) is 8.42 Å². The number of nitrogens with zero attached hydrogens (tertiary/aromatic N) is 3. The Bertz CT molecular complexity index is 1410. The lowest BCUT2D eigenvalue weighted by atomic mass is 10.1. The number of benzene rings is 3. The third-order valence-electron chi connectivity index (χ3n) is 6.34. The molecule has 1 aliphatic rings. The van der Waals surface area contributed by atoms with Crippen molar-refractivity contribution >= 4 is 32.3 Å². The van der Waals surface area contributed by atoms with Crippen LogP contribution in [0.25, 0.3) is 10.9 Å². The maximum Gasteiger partial charge on any atom is 0.226 e. The predicted molar refractivity (Wildman–Crippen MR) is 138 cm³/mol. The first-order chi connectivity index (χ1) is 17.0. The molecule has 0 N–H and O–H groups in total. The van der Waals surface area contributed by atoms with Crippen LogP contribution in [0, 0.1) is 0 Å². The van der Waals surface area contributed by atoms with Crippen LogP contribution in [0.4, 0.5) is 0 Å². The summed E-state index contributed by atoms with van der Waals surface area (Å²) in [7, 11) is -3.82. The van der Waals surface area contributed by atoms with Gasteiger partial charge in [-0.25, -0.2) is 8.42 Å². The van der Waals surface area contributed by atoms with E-state index in [-0.39, 0.29) is 9.92 Å². The largest absolute Gasteiger partial charge is 0.490 e. The molecule has 3 aromatic carbocycles. The molecule has 1 fully saturated rings. The molecule has 2 heterocycles. The third-order valence-corrected chi connectivity index (χ3v) is 8.28. The first kappa shape index (κ1) is 23.9. The van der Waals surface area contributed by atoms with E-state index < -0.39 is 9.84 Å². The van der Waals surface area contributed by atoms with Crippen LogP contribution in [0.5, 0.6) is 5.75 Å². The number of piperidine rings is 1. The summed E-state index contributed by atoms with van der Waals surface area (Å²) < 4.78 is 35.1. The van der Waals surface area contributed by atoms with Crippen molar-refractivity contribution in [2.24, 2.45) is 0 Å². The summed E-state index contributed by atoms with van der Waals surface area (Å²) in [4.78, 5) is 2.63. The highest BCUT2D eigenvalue weighted by atomic mass is 35.5. The van der Waals surface area contributed by atoms with Crippen LogP contribution in [-0.4, -0.2) is 49.3 Å². The molecule has 0 unspecified atom stereocenters. The molecule has 0 saturated carbocycles. The molecule has 4 aromatic rings. The second kappa shape index (κ2) is 10.4. The zero-order valence-corrected chi connectivity index (χ0v) is 21.0. The molecule has 0 radical (unpaired) electrons. The summed E-state index contributed by atoms with van der Waals surface area (Å²) in [5, 5.41) is 5.81. The Labute approximate surface area is 211 Å². The molecule has 8 heteroatoms. The highest BCUT2D eigenvalue weighted by Gasteiger charge is 2.27. The summed E-state index contributed by atoms with van der Waals surface area (Å²) in [5.41, 5.74) is 1.59. The van der Waals surface area contributed by atoms with Gasteiger partial charge in [0.1, 0.15) is 17.9 Å². The number of rotatable bonds is 8. The Morgan fingerprint density at radius 3 is 2.46 bits per heavy atom. The molecular formula is C27H28ClN3O3S. The molecule has 0 atom stereocenters. The van der Waals surface area contributed by atoms with Crippen molar-refractivity contribution in [3.8, 4) is 5.75 Å². The third kappa shape index (κ3) is 5.22. The van der Waals surface area contributed by atoms with Crippen LogP contribution in [-0.2, 0) is 16.4 Å². The van der Waals surface area contributed by atoms with Crippen LogP contribution in [0.15, 0.2) is 82.7 Å². The van der Waals surface area contributed by atoms with E-state index in [1.165, 1.54) is 19.3 Å². The van der Waals surface area contributed by atoms with Crippen LogP contribution < -0.4 is 4.74 Å². The first-order valence-electron chi connectivity index (χ1n) is 11.9. The summed E-state index contributed by atoms with van der Waals surface area (Å²) >= 11 is 6.21. The highest BCUT2D eigenvalue weighted by molar-refractivity contribution is 7.91. The van der Waals surface area contributed by atoms with Gasteiger partial charge >= 0.3 is 0 Å². The minimum atomic E-state index is -3.82. The van der Waals surface area contributed by atoms with E-state index in [1.807, 2.05) is 36.4 Å². The Hall–Kier alpha value is -2.87. The number of hydrogen-bond donors (Lipinski definition) is 0. The van der Waals surface area contributed by atoms with E-state index in [2.05, 4.69) is 10.00 Å². The lowest BCUT2D eigenvalue weighted by Crippen LogP contribution is -2.33. The smallest absolute Gasteiger partial charge is 0.226 e. The molecule has 182 valence electrons. The average Bonchev–Trinajstić information content (AvgIpc) is 3.25. The number of fused-ring (bicyclic) bond motifs is 1. The van der Waals surface area contributed by atoms with Crippen molar-refractivity contribution in [3.63, 3.8) is 0 Å². The number of halogens is 1. The number of para-hydroxylation sites is 1. The Kier molecular flexibility index (Phi) is 7.09. The van der Waals surface area contributed by atoms with Crippen molar-refractivity contribution in [1.82, 2.24) is 14.7 Å². The molecule has 1 aromatic heterocycles. The van der Waals surface area contributed by atoms with Gasteiger partial charge in [0.2, 0.25) is 9.84 Å². The minimum Gasteiger partial charge on any atom is -0.490 e. The van der Waals surface area contributed by atoms with E-state index >= 15 is 0 Å². The highest BCUT2D eigenvalue weighted by Crippen LogP contribution is 2.33. The summed E-state index contributed by atoms with van der Waals surface area (Å²) in [6.45, 7) is 3.93. The number of sulfone groups is 1. The number of hydrogen-bond acceptors (Lipinski definition) is 5. The summed E-state index contributed by atoms with van der Waals surface area (Å²) in [5.74, 6) is 0.628. The van der Waals surface area contributed by atoms with Gasteiger partial charge in [-0.05, 0) is 67.9 Å². The second-order valence-electron chi connectivity index (χ2n) is 8.81. The molecule has 5 rings (SSSR count). The van der Waals surface area contributed by atoms with Crippen molar-refractivity contribution < 1.29 is 13.2 Å². The Morgan fingerprint density at radius 1 is 0.914 bits per heavy atom. The van der Waals surface area contributed by atoms with Crippen molar-refractivity contribution in [2.45, 2.75) is 35.7 Å². The standard InChI is InChI=1S/C27H28ClN3O3S/c28-22-10-7-9-21(19-22)20-31-26-24(27(29-31)35(32,33)23-11-3-1-4-12-23)13-8-14-25(26)34-18-17-30-15-5-2-6-16-30/h1,3-4,7-14,19H,2,5-6,15-18,20H2. The molecule has 0 bridgehead atoms. The normalized spacial score (nSPS) is 14.9. The average molecular weight is 510 g/mol. The molecule has 6 nitrogen and oxygen atoms in total. The molecule has 1 saturated heterocycles. The fourth-order valence-electron chi connectivity index (χ4n) is 4.59. The lowest BCUT2D eigenvalue weighted by Gasteiger charge is -2.26. The number of ether oxygens (including phenoxy) is 1. The SMILES string of the molecule is O=S(=O)(c1ccccc1)c1nn(Cc2cccc(Cl)c2)c2c(OCCN3CCCCC3)cccc12. The van der Waals surface area contributed by atoms with Crippen LogP contribution >= 0.6 is 11.6 Å². The van der Waals surface area contributed by atoms with Gasteiger partial charge in [0.05, 0.1) is 11.4 Å². The van der Waals surface area contributed by atoms with Gasteiger partial charge in [0.15, 0.2) is 5.03 Å². The molecular weight excluding hydrogens is 482 g/mol. The summed E-state index contributed by atoms with van der Waals surface area (Å²) in [6, 6.07) is 21.4. The van der Waals surface area contributed by atoms with Crippen LogP contribution in [0.1, 0.15) is 24.8 Å². The van der Waals surface area contributed by atoms with E-state index in [4.69, 9.17) is 16.3 Å². The van der Waals surface area contributed by atoms with E-state index in [1.54, 1.807) is 41.1 Å². The Balaban J connectivity index is 1.54. The summed E-state index contributed by atoms with van der Waals surface area (Å²) in [6.07, 6.45) is 3.74. The topological polar surface area (TPSA) is 64.4 Å². The van der Waals surface area contributed by atoms with Crippen molar-refractivity contribution in [2.75, 3.05) is 26.2 Å². The maximum atomic E-state index is 13.6. The first-order valence-corrected chi connectivity index (χ1v) is 13.8. The Morgan fingerprint density at radius 2 is 1.69 bits per heavy atom. The predicted octanol–water partition coefficient (Wildman–Crippen LogP) is 5.44. The lowest BCUT2D eigenvalue weighted by molar-refractivity contribution is 0.184. The quantitative estimate of drug-likeness (QED) is 0.316. The fourth-order valence-corrected chi connectivity index (χ4v) is 6.20. The van der Waals surface area contributed by atoms with Crippen LogP contribution in [0.2, 0.25) is 5.02 Å².